The molecule has 4 nitrogen and oxygen atoms in total. The summed E-state index contributed by atoms with van der Waals surface area (Å²) in [4.78, 5) is 11.7. The van der Waals surface area contributed by atoms with Gasteiger partial charge in [0, 0.05) is 12.2 Å². The second-order valence-corrected chi connectivity index (χ2v) is 4.43. The van der Waals surface area contributed by atoms with E-state index < -0.39 is 0 Å². The lowest BCUT2D eigenvalue weighted by Gasteiger charge is -2.16. The van der Waals surface area contributed by atoms with Crippen molar-refractivity contribution < 1.29 is 4.79 Å². The third-order valence-corrected chi connectivity index (χ3v) is 2.85. The molecule has 0 aliphatic carbocycles. The van der Waals surface area contributed by atoms with Crippen LogP contribution in [-0.2, 0) is 0 Å². The summed E-state index contributed by atoms with van der Waals surface area (Å²) in [5, 5.41) is 5.70. The van der Waals surface area contributed by atoms with E-state index in [1.54, 1.807) is 0 Å². The fourth-order valence-corrected chi connectivity index (χ4v) is 1.93. The first kappa shape index (κ1) is 14.5. The molecule has 0 aliphatic rings. The lowest BCUT2D eigenvalue weighted by atomic mass is 10.00. The highest BCUT2D eigenvalue weighted by atomic mass is 16.2. The quantitative estimate of drug-likeness (QED) is 0.695. The van der Waals surface area contributed by atoms with E-state index in [1.807, 2.05) is 30.3 Å². The average Bonchev–Trinajstić information content (AvgIpc) is 2.38. The van der Waals surface area contributed by atoms with Crippen LogP contribution in [0.3, 0.4) is 0 Å². The third kappa shape index (κ3) is 5.68. The van der Waals surface area contributed by atoms with Crippen LogP contribution in [-0.4, -0.2) is 19.1 Å². The van der Waals surface area contributed by atoms with Crippen molar-refractivity contribution in [1.29, 1.82) is 0 Å². The number of amides is 2. The largest absolute Gasteiger partial charge is 0.338 e. The van der Waals surface area contributed by atoms with E-state index in [-0.39, 0.29) is 6.03 Å². The summed E-state index contributed by atoms with van der Waals surface area (Å²) < 4.78 is 0. The SMILES string of the molecule is CCCC(CCN)CNC(=O)Nc1ccccc1. The van der Waals surface area contributed by atoms with Crippen molar-refractivity contribution in [3.05, 3.63) is 30.3 Å². The van der Waals surface area contributed by atoms with Crippen molar-refractivity contribution in [3.63, 3.8) is 0 Å². The zero-order valence-electron chi connectivity index (χ0n) is 11.0. The Morgan fingerprint density at radius 3 is 2.61 bits per heavy atom. The number of carbonyl (C=O) groups excluding carboxylic acids is 1. The summed E-state index contributed by atoms with van der Waals surface area (Å²) >= 11 is 0. The maximum Gasteiger partial charge on any atom is 0.319 e. The lowest BCUT2D eigenvalue weighted by molar-refractivity contribution is 0.249. The second-order valence-electron chi connectivity index (χ2n) is 4.43. The minimum Gasteiger partial charge on any atom is -0.338 e. The van der Waals surface area contributed by atoms with E-state index in [0.29, 0.717) is 19.0 Å². The smallest absolute Gasteiger partial charge is 0.319 e. The minimum atomic E-state index is -0.153. The highest BCUT2D eigenvalue weighted by molar-refractivity contribution is 5.89. The average molecular weight is 249 g/mol. The topological polar surface area (TPSA) is 67.1 Å². The van der Waals surface area contributed by atoms with Crippen molar-refractivity contribution in [3.8, 4) is 0 Å². The summed E-state index contributed by atoms with van der Waals surface area (Å²) in [7, 11) is 0. The predicted octanol–water partition coefficient (Wildman–Crippen LogP) is 2.57. The van der Waals surface area contributed by atoms with Crippen molar-refractivity contribution in [1.82, 2.24) is 5.32 Å². The molecule has 0 spiro atoms. The lowest BCUT2D eigenvalue weighted by Crippen LogP contribution is -2.33. The molecule has 1 aromatic rings. The number of nitrogens with one attached hydrogen (secondary N) is 2. The monoisotopic (exact) mass is 249 g/mol. The number of para-hydroxylation sites is 1. The summed E-state index contributed by atoms with van der Waals surface area (Å²) in [6.07, 6.45) is 3.18. The number of anilines is 1. The van der Waals surface area contributed by atoms with Gasteiger partial charge in [0.05, 0.1) is 0 Å². The van der Waals surface area contributed by atoms with Gasteiger partial charge in [0.25, 0.3) is 0 Å². The van der Waals surface area contributed by atoms with E-state index in [9.17, 15) is 4.79 Å². The number of nitrogens with two attached hydrogens (primary N) is 1. The van der Waals surface area contributed by atoms with Gasteiger partial charge in [-0.3, -0.25) is 0 Å². The molecule has 0 radical (unpaired) electrons. The van der Waals surface area contributed by atoms with Crippen LogP contribution in [0.5, 0.6) is 0 Å². The molecule has 1 unspecified atom stereocenters. The molecule has 4 heteroatoms. The van der Waals surface area contributed by atoms with Gasteiger partial charge >= 0.3 is 6.03 Å². The zero-order valence-corrected chi connectivity index (χ0v) is 11.0. The van der Waals surface area contributed by atoms with Gasteiger partial charge in [0.2, 0.25) is 0 Å². The minimum absolute atomic E-state index is 0.153. The number of hydrogen-bond acceptors (Lipinski definition) is 2. The Bertz CT molecular complexity index is 334. The Morgan fingerprint density at radius 2 is 2.00 bits per heavy atom. The zero-order chi connectivity index (χ0) is 13.2. The molecule has 4 N–H and O–H groups in total. The van der Waals surface area contributed by atoms with Gasteiger partial charge in [-0.15, -0.1) is 0 Å². The van der Waals surface area contributed by atoms with E-state index in [0.717, 1.165) is 24.9 Å². The molecule has 18 heavy (non-hydrogen) atoms. The Kier molecular flexibility index (Phi) is 6.87. The van der Waals surface area contributed by atoms with Gasteiger partial charge in [0.15, 0.2) is 0 Å². The van der Waals surface area contributed by atoms with Gasteiger partial charge in [-0.2, -0.15) is 0 Å². The van der Waals surface area contributed by atoms with Crippen molar-refractivity contribution in [2.75, 3.05) is 18.4 Å². The van der Waals surface area contributed by atoms with Gasteiger partial charge in [-0.1, -0.05) is 31.5 Å². The number of hydrogen-bond donors (Lipinski definition) is 3. The maximum atomic E-state index is 11.7. The third-order valence-electron chi connectivity index (χ3n) is 2.85. The summed E-state index contributed by atoms with van der Waals surface area (Å²) in [6, 6.07) is 9.28. The van der Waals surface area contributed by atoms with E-state index in [4.69, 9.17) is 5.73 Å². The van der Waals surface area contributed by atoms with Gasteiger partial charge in [0.1, 0.15) is 0 Å². The number of urea groups is 1. The highest BCUT2D eigenvalue weighted by Gasteiger charge is 2.08. The molecule has 100 valence electrons. The highest BCUT2D eigenvalue weighted by Crippen LogP contribution is 2.09. The molecule has 1 aromatic carbocycles. The van der Waals surface area contributed by atoms with Gasteiger partial charge in [-0.05, 0) is 37.4 Å². The molecule has 0 aromatic heterocycles. The fraction of sp³-hybridized carbons (Fsp3) is 0.500. The van der Waals surface area contributed by atoms with Crippen LogP contribution in [0.2, 0.25) is 0 Å². The normalized spacial score (nSPS) is 11.9. The van der Waals surface area contributed by atoms with Crippen LogP contribution in [0.4, 0.5) is 10.5 Å². The molecule has 1 rings (SSSR count). The molecule has 0 saturated heterocycles. The van der Waals surface area contributed by atoms with Crippen LogP contribution >= 0.6 is 0 Å². The molecule has 0 saturated carbocycles. The number of benzene rings is 1. The maximum absolute atomic E-state index is 11.7. The van der Waals surface area contributed by atoms with E-state index in [2.05, 4.69) is 17.6 Å². The van der Waals surface area contributed by atoms with E-state index in [1.165, 1.54) is 0 Å². The van der Waals surface area contributed by atoms with Crippen molar-refractivity contribution >= 4 is 11.7 Å². The van der Waals surface area contributed by atoms with Crippen LogP contribution in [0.25, 0.3) is 0 Å². The van der Waals surface area contributed by atoms with Gasteiger partial charge < -0.3 is 16.4 Å². The fourth-order valence-electron chi connectivity index (χ4n) is 1.93. The predicted molar refractivity (Wildman–Crippen MR) is 75.5 cm³/mol. The second kappa shape index (κ2) is 8.53. The first-order chi connectivity index (χ1) is 8.76. The molecule has 0 bridgehead atoms. The van der Waals surface area contributed by atoms with Crippen LogP contribution in [0, 0.1) is 5.92 Å². The Hall–Kier alpha value is -1.55. The molecular weight excluding hydrogens is 226 g/mol. The number of carbonyl (C=O) groups is 1. The summed E-state index contributed by atoms with van der Waals surface area (Å²) in [5.74, 6) is 0.474. The Labute approximate surface area is 109 Å². The molecule has 0 aliphatic heterocycles. The molecule has 0 fully saturated rings. The first-order valence-electron chi connectivity index (χ1n) is 6.56. The van der Waals surface area contributed by atoms with Gasteiger partial charge in [-0.25, -0.2) is 4.79 Å². The Morgan fingerprint density at radius 1 is 1.28 bits per heavy atom. The molecule has 1 atom stereocenters. The van der Waals surface area contributed by atoms with Crippen LogP contribution in [0.1, 0.15) is 26.2 Å². The van der Waals surface area contributed by atoms with E-state index >= 15 is 0 Å². The number of rotatable bonds is 7. The Balaban J connectivity index is 2.31. The van der Waals surface area contributed by atoms with Crippen LogP contribution < -0.4 is 16.4 Å². The van der Waals surface area contributed by atoms with Crippen LogP contribution in [0.15, 0.2) is 30.3 Å². The molecular formula is C14H23N3O. The summed E-state index contributed by atoms with van der Waals surface area (Å²) in [5.41, 5.74) is 6.37. The van der Waals surface area contributed by atoms with Crippen molar-refractivity contribution in [2.45, 2.75) is 26.2 Å². The standard InChI is InChI=1S/C14H23N3O/c1-2-6-12(9-10-15)11-16-14(18)17-13-7-4-3-5-8-13/h3-5,7-8,12H,2,6,9-11,15H2,1H3,(H2,16,17,18). The summed E-state index contributed by atoms with van der Waals surface area (Å²) in [6.45, 7) is 3.50. The van der Waals surface area contributed by atoms with Crippen molar-refractivity contribution in [2.24, 2.45) is 11.7 Å². The molecule has 2 amide bonds. The molecule has 0 heterocycles. The first-order valence-corrected chi connectivity index (χ1v) is 6.56.